The standard InChI is InChI=1S/C24H24ClNO3/c1-13-14(2)22-16(15(3)21(13)27)11-12-24(4,29-22)23(28)26-20-10-9-19(25)17-7-5-6-8-18(17)20/h5-10,27H,11-12H2,1-4H3,(H,26,28). The predicted octanol–water partition coefficient (Wildman–Crippen LogP) is 5.85. The largest absolute Gasteiger partial charge is 0.507 e. The van der Waals surface area contributed by atoms with Crippen molar-refractivity contribution in [1.29, 1.82) is 0 Å². The summed E-state index contributed by atoms with van der Waals surface area (Å²) < 4.78 is 6.29. The highest BCUT2D eigenvalue weighted by Gasteiger charge is 2.41. The van der Waals surface area contributed by atoms with Crippen LogP contribution in [0.25, 0.3) is 10.8 Å². The molecule has 5 heteroatoms. The van der Waals surface area contributed by atoms with Gasteiger partial charge in [-0.1, -0.05) is 35.9 Å². The van der Waals surface area contributed by atoms with E-state index in [1.807, 2.05) is 58.0 Å². The van der Waals surface area contributed by atoms with Gasteiger partial charge in [0, 0.05) is 33.5 Å². The number of phenolic OH excluding ortho intramolecular Hbond substituents is 1. The van der Waals surface area contributed by atoms with Crippen molar-refractivity contribution in [2.45, 2.75) is 46.1 Å². The van der Waals surface area contributed by atoms with Gasteiger partial charge < -0.3 is 15.2 Å². The SMILES string of the molecule is Cc1c(C)c2c(c(C)c1O)CCC(C)(C(=O)Nc1ccc(Cl)c3ccccc13)O2. The zero-order valence-electron chi connectivity index (χ0n) is 17.0. The minimum atomic E-state index is -1.01. The first-order chi connectivity index (χ1) is 13.7. The molecular weight excluding hydrogens is 386 g/mol. The summed E-state index contributed by atoms with van der Waals surface area (Å²) in [5.74, 6) is 0.826. The normalized spacial score (nSPS) is 18.2. The molecule has 1 aliphatic heterocycles. The van der Waals surface area contributed by atoms with E-state index in [1.54, 1.807) is 6.07 Å². The second kappa shape index (κ2) is 6.96. The van der Waals surface area contributed by atoms with Crippen LogP contribution in [-0.4, -0.2) is 16.6 Å². The van der Waals surface area contributed by atoms with Crippen LogP contribution < -0.4 is 10.1 Å². The van der Waals surface area contributed by atoms with Gasteiger partial charge in [-0.3, -0.25) is 4.79 Å². The highest BCUT2D eigenvalue weighted by atomic mass is 35.5. The van der Waals surface area contributed by atoms with E-state index in [1.165, 1.54) is 0 Å². The molecule has 0 aromatic heterocycles. The number of amides is 1. The molecule has 29 heavy (non-hydrogen) atoms. The first kappa shape index (κ1) is 19.6. The molecule has 0 bridgehead atoms. The Hall–Kier alpha value is -2.72. The minimum absolute atomic E-state index is 0.196. The van der Waals surface area contributed by atoms with Gasteiger partial charge in [0.1, 0.15) is 11.5 Å². The molecule has 4 nitrogen and oxygen atoms in total. The van der Waals surface area contributed by atoms with E-state index in [9.17, 15) is 9.90 Å². The molecule has 0 saturated heterocycles. The highest BCUT2D eigenvalue weighted by molar-refractivity contribution is 6.36. The van der Waals surface area contributed by atoms with Gasteiger partial charge in [0.2, 0.25) is 0 Å². The zero-order valence-corrected chi connectivity index (χ0v) is 17.8. The molecule has 150 valence electrons. The molecule has 3 aromatic rings. The summed E-state index contributed by atoms with van der Waals surface area (Å²) in [5.41, 5.74) is 3.17. The van der Waals surface area contributed by atoms with Gasteiger partial charge in [0.05, 0.1) is 0 Å². The summed E-state index contributed by atoms with van der Waals surface area (Å²) in [7, 11) is 0. The molecule has 0 fully saturated rings. The molecule has 0 saturated carbocycles. The molecule has 1 atom stereocenters. The average molecular weight is 410 g/mol. The molecule has 4 rings (SSSR count). The van der Waals surface area contributed by atoms with Gasteiger partial charge >= 0.3 is 0 Å². The molecule has 0 radical (unpaired) electrons. The number of ether oxygens (including phenoxy) is 1. The maximum atomic E-state index is 13.3. The first-order valence-electron chi connectivity index (χ1n) is 9.72. The molecule has 0 aliphatic carbocycles. The Labute approximate surface area is 175 Å². The fourth-order valence-electron chi connectivity index (χ4n) is 4.03. The number of halogens is 1. The van der Waals surface area contributed by atoms with Crippen LogP contribution >= 0.6 is 11.6 Å². The Bertz CT molecular complexity index is 1150. The van der Waals surface area contributed by atoms with Gasteiger partial charge in [-0.25, -0.2) is 0 Å². The van der Waals surface area contributed by atoms with Crippen LogP contribution in [0.2, 0.25) is 5.02 Å². The van der Waals surface area contributed by atoms with Crippen LogP contribution in [-0.2, 0) is 11.2 Å². The molecule has 1 unspecified atom stereocenters. The summed E-state index contributed by atoms with van der Waals surface area (Å²) in [4.78, 5) is 13.3. The number of hydrogen-bond acceptors (Lipinski definition) is 3. The molecule has 2 N–H and O–H groups in total. The van der Waals surface area contributed by atoms with Crippen LogP contribution in [0.15, 0.2) is 36.4 Å². The minimum Gasteiger partial charge on any atom is -0.507 e. The lowest BCUT2D eigenvalue weighted by Gasteiger charge is -2.36. The van der Waals surface area contributed by atoms with Crippen molar-refractivity contribution in [2.24, 2.45) is 0 Å². The number of hydrogen-bond donors (Lipinski definition) is 2. The summed E-state index contributed by atoms with van der Waals surface area (Å²) in [6, 6.07) is 11.3. The molecule has 1 amide bonds. The summed E-state index contributed by atoms with van der Waals surface area (Å²) in [5, 5.41) is 15.8. The van der Waals surface area contributed by atoms with E-state index in [4.69, 9.17) is 16.3 Å². The predicted molar refractivity (Wildman–Crippen MR) is 117 cm³/mol. The third-order valence-corrected chi connectivity index (χ3v) is 6.45. The topological polar surface area (TPSA) is 58.6 Å². The van der Waals surface area contributed by atoms with Crippen molar-refractivity contribution >= 4 is 34.0 Å². The number of nitrogens with one attached hydrogen (secondary N) is 1. The highest BCUT2D eigenvalue weighted by Crippen LogP contribution is 2.43. The van der Waals surface area contributed by atoms with Gasteiger partial charge in [0.25, 0.3) is 5.91 Å². The number of fused-ring (bicyclic) bond motifs is 2. The fraction of sp³-hybridized carbons (Fsp3) is 0.292. The second-order valence-corrected chi connectivity index (χ2v) is 8.37. The first-order valence-corrected chi connectivity index (χ1v) is 10.1. The van der Waals surface area contributed by atoms with Gasteiger partial charge in [-0.15, -0.1) is 0 Å². The van der Waals surface area contributed by atoms with E-state index >= 15 is 0 Å². The number of carbonyl (C=O) groups excluding carboxylic acids is 1. The Balaban J connectivity index is 1.69. The van der Waals surface area contributed by atoms with Crippen molar-refractivity contribution in [3.63, 3.8) is 0 Å². The number of anilines is 1. The van der Waals surface area contributed by atoms with Crippen molar-refractivity contribution < 1.29 is 14.6 Å². The van der Waals surface area contributed by atoms with Crippen LogP contribution in [0.3, 0.4) is 0 Å². The number of carbonyl (C=O) groups is 1. The van der Waals surface area contributed by atoms with Crippen LogP contribution in [0.5, 0.6) is 11.5 Å². The number of benzene rings is 3. The quantitative estimate of drug-likeness (QED) is 0.558. The fourth-order valence-corrected chi connectivity index (χ4v) is 4.26. The van der Waals surface area contributed by atoms with Crippen molar-refractivity contribution in [2.75, 3.05) is 5.32 Å². The Morgan fingerprint density at radius 1 is 1.07 bits per heavy atom. The molecule has 3 aromatic carbocycles. The lowest BCUT2D eigenvalue weighted by atomic mass is 9.86. The molecular formula is C24H24ClNO3. The van der Waals surface area contributed by atoms with E-state index in [0.29, 0.717) is 35.1 Å². The zero-order chi connectivity index (χ0) is 20.9. The lowest BCUT2D eigenvalue weighted by molar-refractivity contribution is -0.131. The number of aromatic hydroxyl groups is 1. The lowest BCUT2D eigenvalue weighted by Crippen LogP contribution is -2.48. The van der Waals surface area contributed by atoms with E-state index in [2.05, 4.69) is 5.32 Å². The molecule has 1 heterocycles. The van der Waals surface area contributed by atoms with Crippen molar-refractivity contribution in [1.82, 2.24) is 0 Å². The van der Waals surface area contributed by atoms with Crippen LogP contribution in [0.4, 0.5) is 5.69 Å². The third kappa shape index (κ3) is 3.12. The van der Waals surface area contributed by atoms with E-state index in [-0.39, 0.29) is 5.91 Å². The summed E-state index contributed by atoms with van der Waals surface area (Å²) in [6.45, 7) is 7.50. The van der Waals surface area contributed by atoms with E-state index in [0.717, 1.165) is 33.0 Å². The summed E-state index contributed by atoms with van der Waals surface area (Å²) >= 11 is 6.30. The molecule has 0 spiro atoms. The smallest absolute Gasteiger partial charge is 0.268 e. The Morgan fingerprint density at radius 3 is 2.48 bits per heavy atom. The third-order valence-electron chi connectivity index (χ3n) is 6.12. The average Bonchev–Trinajstić information content (AvgIpc) is 2.72. The van der Waals surface area contributed by atoms with Gasteiger partial charge in [0.15, 0.2) is 5.60 Å². The van der Waals surface area contributed by atoms with Crippen molar-refractivity contribution in [3.8, 4) is 11.5 Å². The number of rotatable bonds is 2. The summed E-state index contributed by atoms with van der Waals surface area (Å²) in [6.07, 6.45) is 1.20. The van der Waals surface area contributed by atoms with Crippen LogP contribution in [0.1, 0.15) is 35.6 Å². The second-order valence-electron chi connectivity index (χ2n) is 7.96. The Kier molecular flexibility index (Phi) is 4.70. The van der Waals surface area contributed by atoms with Crippen molar-refractivity contribution in [3.05, 3.63) is 63.7 Å². The van der Waals surface area contributed by atoms with Gasteiger partial charge in [-0.05, 0) is 62.9 Å². The maximum Gasteiger partial charge on any atom is 0.268 e. The van der Waals surface area contributed by atoms with Crippen LogP contribution in [0, 0.1) is 20.8 Å². The van der Waals surface area contributed by atoms with E-state index < -0.39 is 5.60 Å². The molecule has 1 aliphatic rings. The monoisotopic (exact) mass is 409 g/mol. The van der Waals surface area contributed by atoms with Gasteiger partial charge in [-0.2, -0.15) is 0 Å². The maximum absolute atomic E-state index is 13.3. The number of phenols is 1. The Morgan fingerprint density at radius 2 is 1.76 bits per heavy atom.